The Morgan fingerprint density at radius 1 is 1.25 bits per heavy atom. The Labute approximate surface area is 121 Å². The Hall–Kier alpha value is -1.07. The Bertz CT molecular complexity index is 579. The van der Waals surface area contributed by atoms with E-state index in [0.29, 0.717) is 5.92 Å². The average molecular weight is 294 g/mol. The normalized spacial score (nSPS) is 23.9. The van der Waals surface area contributed by atoms with Gasteiger partial charge in [-0.3, -0.25) is 4.31 Å². The summed E-state index contributed by atoms with van der Waals surface area (Å²) in [7, 11) is -3.22. The van der Waals surface area contributed by atoms with E-state index in [1.807, 2.05) is 31.2 Å². The number of anilines is 1. The molecule has 0 radical (unpaired) electrons. The lowest BCUT2D eigenvalue weighted by atomic mass is 10.0. The molecule has 2 aliphatic rings. The fourth-order valence-corrected chi connectivity index (χ4v) is 5.58. The molecule has 1 fully saturated rings. The molecular formula is C15H22N2O2S. The van der Waals surface area contributed by atoms with E-state index in [0.717, 1.165) is 43.6 Å². The number of para-hydroxylation sites is 1. The first-order valence-electron chi connectivity index (χ1n) is 7.38. The molecule has 1 saturated heterocycles. The van der Waals surface area contributed by atoms with Gasteiger partial charge in [-0.1, -0.05) is 18.2 Å². The minimum Gasteiger partial charge on any atom is -0.317 e. The van der Waals surface area contributed by atoms with Gasteiger partial charge in [-0.2, -0.15) is 0 Å². The van der Waals surface area contributed by atoms with Crippen LogP contribution in [0.25, 0.3) is 0 Å². The molecule has 1 N–H and O–H groups in total. The minimum absolute atomic E-state index is 0.0408. The second-order valence-corrected chi connectivity index (χ2v) is 7.84. The Kier molecular flexibility index (Phi) is 3.73. The van der Waals surface area contributed by atoms with Crippen LogP contribution in [-0.4, -0.2) is 33.3 Å². The zero-order valence-electron chi connectivity index (χ0n) is 11.9. The second kappa shape index (κ2) is 5.37. The number of hydrogen-bond acceptors (Lipinski definition) is 3. The maximum absolute atomic E-state index is 12.8. The van der Waals surface area contributed by atoms with Crippen LogP contribution < -0.4 is 9.62 Å². The molecule has 2 aliphatic heterocycles. The molecule has 1 aromatic rings. The molecule has 0 bridgehead atoms. The molecular weight excluding hydrogens is 272 g/mol. The fourth-order valence-electron chi connectivity index (χ4n) is 3.39. The molecule has 110 valence electrons. The van der Waals surface area contributed by atoms with Crippen molar-refractivity contribution in [3.8, 4) is 0 Å². The number of nitrogens with zero attached hydrogens (tertiary/aromatic N) is 1. The molecule has 1 aromatic carbocycles. The van der Waals surface area contributed by atoms with Crippen molar-refractivity contribution in [1.82, 2.24) is 5.32 Å². The molecule has 0 aliphatic carbocycles. The summed E-state index contributed by atoms with van der Waals surface area (Å²) in [5.74, 6) is 0.578. The van der Waals surface area contributed by atoms with Gasteiger partial charge in [0, 0.05) is 6.04 Å². The highest BCUT2D eigenvalue weighted by Crippen LogP contribution is 2.35. The summed E-state index contributed by atoms with van der Waals surface area (Å²) in [6.07, 6.45) is 2.74. The van der Waals surface area contributed by atoms with E-state index in [9.17, 15) is 8.42 Å². The number of sulfonamides is 1. The van der Waals surface area contributed by atoms with Crippen LogP contribution >= 0.6 is 0 Å². The van der Waals surface area contributed by atoms with Crippen LogP contribution in [0.5, 0.6) is 0 Å². The zero-order chi connectivity index (χ0) is 14.2. The maximum Gasteiger partial charge on any atom is 0.235 e. The molecule has 1 unspecified atom stereocenters. The molecule has 0 saturated carbocycles. The third kappa shape index (κ3) is 2.56. The van der Waals surface area contributed by atoms with Crippen molar-refractivity contribution in [3.63, 3.8) is 0 Å². The third-order valence-electron chi connectivity index (χ3n) is 4.35. The van der Waals surface area contributed by atoms with Gasteiger partial charge < -0.3 is 5.32 Å². The van der Waals surface area contributed by atoms with Crippen LogP contribution in [-0.2, 0) is 16.4 Å². The van der Waals surface area contributed by atoms with Gasteiger partial charge in [-0.15, -0.1) is 0 Å². The van der Waals surface area contributed by atoms with Gasteiger partial charge >= 0.3 is 0 Å². The summed E-state index contributed by atoms with van der Waals surface area (Å²) >= 11 is 0. The monoisotopic (exact) mass is 294 g/mol. The van der Waals surface area contributed by atoms with E-state index < -0.39 is 10.0 Å². The summed E-state index contributed by atoms with van der Waals surface area (Å²) in [4.78, 5) is 0. The first-order valence-corrected chi connectivity index (χ1v) is 8.99. The largest absolute Gasteiger partial charge is 0.317 e. The summed E-state index contributed by atoms with van der Waals surface area (Å²) in [5.41, 5.74) is 2.03. The van der Waals surface area contributed by atoms with Crippen molar-refractivity contribution in [1.29, 1.82) is 0 Å². The third-order valence-corrected chi connectivity index (χ3v) is 6.40. The van der Waals surface area contributed by atoms with Crippen LogP contribution in [0.1, 0.15) is 25.3 Å². The number of rotatable bonds is 3. The molecule has 4 nitrogen and oxygen atoms in total. The molecule has 0 amide bonds. The van der Waals surface area contributed by atoms with E-state index >= 15 is 0 Å². The van der Waals surface area contributed by atoms with Gasteiger partial charge in [0.25, 0.3) is 0 Å². The predicted molar refractivity (Wildman–Crippen MR) is 81.5 cm³/mol. The molecule has 0 spiro atoms. The van der Waals surface area contributed by atoms with Crippen LogP contribution in [0.15, 0.2) is 24.3 Å². The minimum atomic E-state index is -3.22. The van der Waals surface area contributed by atoms with Crippen molar-refractivity contribution in [2.75, 3.05) is 23.1 Å². The summed E-state index contributed by atoms with van der Waals surface area (Å²) in [6.45, 7) is 3.87. The van der Waals surface area contributed by atoms with E-state index in [2.05, 4.69) is 5.32 Å². The van der Waals surface area contributed by atoms with E-state index in [4.69, 9.17) is 0 Å². The lowest BCUT2D eigenvalue weighted by Gasteiger charge is -2.28. The van der Waals surface area contributed by atoms with Gasteiger partial charge in [0.1, 0.15) is 0 Å². The highest BCUT2D eigenvalue weighted by atomic mass is 32.2. The average Bonchev–Trinajstić information content (AvgIpc) is 2.75. The summed E-state index contributed by atoms with van der Waals surface area (Å²) in [6, 6.07) is 7.91. The first-order chi connectivity index (χ1) is 9.58. The van der Waals surface area contributed by atoms with Crippen molar-refractivity contribution in [2.24, 2.45) is 5.92 Å². The molecule has 20 heavy (non-hydrogen) atoms. The Morgan fingerprint density at radius 2 is 1.95 bits per heavy atom. The van der Waals surface area contributed by atoms with E-state index in [-0.39, 0.29) is 11.8 Å². The maximum atomic E-state index is 12.8. The summed E-state index contributed by atoms with van der Waals surface area (Å²) in [5, 5.41) is 3.29. The van der Waals surface area contributed by atoms with Crippen molar-refractivity contribution >= 4 is 15.7 Å². The number of hydrogen-bond donors (Lipinski definition) is 1. The van der Waals surface area contributed by atoms with Gasteiger partial charge in [0.15, 0.2) is 0 Å². The second-order valence-electron chi connectivity index (χ2n) is 5.95. The van der Waals surface area contributed by atoms with Crippen LogP contribution in [0.3, 0.4) is 0 Å². The van der Waals surface area contributed by atoms with E-state index in [1.54, 1.807) is 4.31 Å². The highest BCUT2D eigenvalue weighted by molar-refractivity contribution is 7.92. The number of benzene rings is 1. The van der Waals surface area contributed by atoms with E-state index in [1.165, 1.54) is 0 Å². The van der Waals surface area contributed by atoms with Crippen LogP contribution in [0.2, 0.25) is 0 Å². The Balaban J connectivity index is 1.83. The van der Waals surface area contributed by atoms with Gasteiger partial charge in [0.2, 0.25) is 10.0 Å². The smallest absolute Gasteiger partial charge is 0.235 e. The Morgan fingerprint density at radius 3 is 2.70 bits per heavy atom. The number of fused-ring (bicyclic) bond motifs is 1. The first kappa shape index (κ1) is 13.9. The lowest BCUT2D eigenvalue weighted by Crippen LogP contribution is -2.41. The van der Waals surface area contributed by atoms with Crippen molar-refractivity contribution in [3.05, 3.63) is 29.8 Å². The van der Waals surface area contributed by atoms with Gasteiger partial charge in [-0.25, -0.2) is 8.42 Å². The molecule has 2 heterocycles. The molecule has 5 heteroatoms. The molecule has 0 aromatic heterocycles. The number of nitrogens with one attached hydrogen (secondary N) is 1. The lowest BCUT2D eigenvalue weighted by molar-refractivity contribution is 0.400. The van der Waals surface area contributed by atoms with Gasteiger partial charge in [-0.05, 0) is 56.8 Å². The highest BCUT2D eigenvalue weighted by Gasteiger charge is 2.36. The zero-order valence-corrected chi connectivity index (χ0v) is 12.7. The van der Waals surface area contributed by atoms with Crippen molar-refractivity contribution in [2.45, 2.75) is 32.2 Å². The molecule has 3 rings (SSSR count). The summed E-state index contributed by atoms with van der Waals surface area (Å²) < 4.78 is 27.2. The van der Waals surface area contributed by atoms with Crippen LogP contribution in [0.4, 0.5) is 5.69 Å². The quantitative estimate of drug-likeness (QED) is 0.924. The predicted octanol–water partition coefficient (Wildman–Crippen LogP) is 1.77. The number of piperidine rings is 1. The van der Waals surface area contributed by atoms with Crippen LogP contribution in [0, 0.1) is 5.92 Å². The SMILES string of the molecule is CC1Cc2ccccc2N1S(=O)(=O)CC1CCNCC1. The van der Waals surface area contributed by atoms with Gasteiger partial charge in [0.05, 0.1) is 11.4 Å². The van der Waals surface area contributed by atoms with Crippen molar-refractivity contribution < 1.29 is 8.42 Å². The molecule has 1 atom stereocenters. The standard InChI is InChI=1S/C15H22N2O2S/c1-12-10-14-4-2-3-5-15(14)17(12)20(18,19)11-13-6-8-16-9-7-13/h2-5,12-13,16H,6-11H2,1H3. The topological polar surface area (TPSA) is 49.4 Å². The fraction of sp³-hybridized carbons (Fsp3) is 0.600.